The van der Waals surface area contributed by atoms with E-state index in [2.05, 4.69) is 20.6 Å². The van der Waals surface area contributed by atoms with E-state index in [9.17, 15) is 9.59 Å². The first-order chi connectivity index (χ1) is 13.3. The molecule has 3 rings (SSSR count). The first-order valence-electron chi connectivity index (χ1n) is 8.57. The van der Waals surface area contributed by atoms with Crippen LogP contribution in [0.25, 0.3) is 11.3 Å². The van der Waals surface area contributed by atoms with Crippen LogP contribution in [0.2, 0.25) is 0 Å². The third kappa shape index (κ3) is 5.16. The minimum Gasteiger partial charge on any atom is -0.444 e. The summed E-state index contributed by atoms with van der Waals surface area (Å²) in [4.78, 5) is 32.3. The first-order valence-corrected chi connectivity index (χ1v) is 8.57. The molecule has 2 amide bonds. The molecule has 2 heterocycles. The molecule has 1 aromatic carbocycles. The minimum absolute atomic E-state index is 0.126. The summed E-state index contributed by atoms with van der Waals surface area (Å²) in [5.74, 6) is -0.352. The summed E-state index contributed by atoms with van der Waals surface area (Å²) in [7, 11) is 0. The van der Waals surface area contributed by atoms with E-state index in [0.29, 0.717) is 16.9 Å². The molecule has 0 spiro atoms. The van der Waals surface area contributed by atoms with Gasteiger partial charge in [0, 0.05) is 23.0 Å². The number of nitrogens with one attached hydrogen (secondary N) is 2. The van der Waals surface area contributed by atoms with Crippen LogP contribution in [0.4, 0.5) is 16.5 Å². The van der Waals surface area contributed by atoms with Gasteiger partial charge in [-0.2, -0.15) is 0 Å². The Hall–Kier alpha value is -3.68. The number of pyridine rings is 1. The molecule has 0 aliphatic rings. The van der Waals surface area contributed by atoms with Gasteiger partial charge in [0.2, 0.25) is 0 Å². The zero-order chi connectivity index (χ0) is 20.1. The van der Waals surface area contributed by atoms with E-state index >= 15 is 0 Å². The molecule has 0 saturated carbocycles. The average Bonchev–Trinajstić information content (AvgIpc) is 3.14. The lowest BCUT2D eigenvalue weighted by atomic mass is 10.1. The zero-order valence-corrected chi connectivity index (χ0v) is 15.7. The Labute approximate surface area is 162 Å². The van der Waals surface area contributed by atoms with Crippen molar-refractivity contribution in [3.63, 3.8) is 0 Å². The van der Waals surface area contributed by atoms with Crippen molar-refractivity contribution in [2.24, 2.45) is 0 Å². The molecule has 3 aromatic rings. The molecule has 8 nitrogen and oxygen atoms in total. The molecule has 0 atom stereocenters. The number of rotatable bonds is 4. The van der Waals surface area contributed by atoms with Crippen LogP contribution in [-0.4, -0.2) is 27.6 Å². The number of hydrogen-bond acceptors (Lipinski definition) is 6. The minimum atomic E-state index is -0.569. The Morgan fingerprint density at radius 3 is 2.39 bits per heavy atom. The normalized spacial score (nSPS) is 11.0. The summed E-state index contributed by atoms with van der Waals surface area (Å²) in [6.45, 7) is 5.39. The molecular formula is C20H20N4O4. The number of carbonyl (C=O) groups is 2. The van der Waals surface area contributed by atoms with Crippen LogP contribution >= 0.6 is 0 Å². The van der Waals surface area contributed by atoms with Crippen molar-refractivity contribution in [2.75, 3.05) is 10.6 Å². The van der Waals surface area contributed by atoms with Crippen molar-refractivity contribution >= 4 is 23.7 Å². The number of anilines is 2. The third-order valence-electron chi connectivity index (χ3n) is 3.50. The highest BCUT2D eigenvalue weighted by Crippen LogP contribution is 2.21. The number of carbonyl (C=O) groups excluding carboxylic acids is 2. The Morgan fingerprint density at radius 2 is 1.75 bits per heavy atom. The van der Waals surface area contributed by atoms with E-state index in [-0.39, 0.29) is 11.9 Å². The van der Waals surface area contributed by atoms with Gasteiger partial charge in [-0.15, -0.1) is 0 Å². The molecule has 0 aliphatic heterocycles. The molecule has 2 aromatic heterocycles. The summed E-state index contributed by atoms with van der Waals surface area (Å²) >= 11 is 0. The number of oxazole rings is 1. The van der Waals surface area contributed by atoms with Crippen LogP contribution < -0.4 is 10.6 Å². The van der Waals surface area contributed by atoms with Crippen molar-refractivity contribution in [1.82, 2.24) is 9.97 Å². The summed E-state index contributed by atoms with van der Waals surface area (Å²) in [5.41, 5.74) is 1.85. The van der Waals surface area contributed by atoms with Gasteiger partial charge in [0.25, 0.3) is 5.91 Å². The van der Waals surface area contributed by atoms with Crippen molar-refractivity contribution in [1.29, 1.82) is 0 Å². The van der Waals surface area contributed by atoms with Crippen LogP contribution in [0.1, 0.15) is 31.1 Å². The van der Waals surface area contributed by atoms with Crippen molar-refractivity contribution in [3.05, 3.63) is 60.6 Å². The quantitative estimate of drug-likeness (QED) is 0.697. The first kappa shape index (κ1) is 19.1. The highest BCUT2D eigenvalue weighted by Gasteiger charge is 2.16. The second-order valence-electron chi connectivity index (χ2n) is 6.93. The number of benzene rings is 1. The molecule has 28 heavy (non-hydrogen) atoms. The van der Waals surface area contributed by atoms with Crippen LogP contribution in [0.3, 0.4) is 0 Å². The number of hydrogen-bond donors (Lipinski definition) is 2. The van der Waals surface area contributed by atoms with E-state index in [1.807, 2.05) is 0 Å². The monoisotopic (exact) mass is 380 g/mol. The maximum absolute atomic E-state index is 12.3. The Balaban J connectivity index is 1.70. The lowest BCUT2D eigenvalue weighted by molar-refractivity contribution is 0.0635. The fourth-order valence-corrected chi connectivity index (χ4v) is 2.33. The number of ether oxygens (including phenoxy) is 1. The smallest absolute Gasteiger partial charge is 0.412 e. The molecular weight excluding hydrogens is 360 g/mol. The van der Waals surface area contributed by atoms with E-state index < -0.39 is 11.7 Å². The Bertz CT molecular complexity index is 961. The third-order valence-corrected chi connectivity index (χ3v) is 3.50. The molecule has 8 heteroatoms. The van der Waals surface area contributed by atoms with Gasteiger partial charge in [0.05, 0.1) is 11.9 Å². The molecule has 0 unspecified atom stereocenters. The highest BCUT2D eigenvalue weighted by molar-refractivity contribution is 6.03. The molecule has 144 valence electrons. The zero-order valence-electron chi connectivity index (χ0n) is 15.7. The highest BCUT2D eigenvalue weighted by atomic mass is 16.6. The standard InChI is InChI=1S/C20H20N4O4/c1-20(2,3)28-19(26)23-15-6-4-13(5-7-15)16-12-14(8-9-21-16)17(25)24-18-22-10-11-27-18/h4-12H,1-3H3,(H,23,26)(H,22,24,25). The SMILES string of the molecule is CC(C)(C)OC(=O)Nc1ccc(-c2cc(C(=O)Nc3ncco3)ccn2)cc1. The van der Waals surface area contributed by atoms with Gasteiger partial charge in [-0.1, -0.05) is 12.1 Å². The van der Waals surface area contributed by atoms with E-state index in [1.54, 1.807) is 63.4 Å². The molecule has 2 N–H and O–H groups in total. The van der Waals surface area contributed by atoms with Crippen LogP contribution in [-0.2, 0) is 4.74 Å². The van der Waals surface area contributed by atoms with Gasteiger partial charge in [0.15, 0.2) is 0 Å². The predicted octanol–water partition coefficient (Wildman–Crippen LogP) is 4.34. The van der Waals surface area contributed by atoms with Gasteiger partial charge >= 0.3 is 12.1 Å². The van der Waals surface area contributed by atoms with Crippen LogP contribution in [0.15, 0.2) is 59.5 Å². The molecule has 0 radical (unpaired) electrons. The predicted molar refractivity (Wildman–Crippen MR) is 104 cm³/mol. The Morgan fingerprint density at radius 1 is 1.00 bits per heavy atom. The molecule has 0 bridgehead atoms. The van der Waals surface area contributed by atoms with E-state index in [1.165, 1.54) is 12.5 Å². The summed E-state index contributed by atoms with van der Waals surface area (Å²) < 4.78 is 10.2. The fraction of sp³-hybridized carbons (Fsp3) is 0.200. The van der Waals surface area contributed by atoms with Crippen molar-refractivity contribution in [3.8, 4) is 11.3 Å². The van der Waals surface area contributed by atoms with Gasteiger partial charge in [-0.05, 0) is 45.0 Å². The van der Waals surface area contributed by atoms with Gasteiger partial charge in [-0.25, -0.2) is 9.78 Å². The largest absolute Gasteiger partial charge is 0.444 e. The van der Waals surface area contributed by atoms with Crippen molar-refractivity contribution in [2.45, 2.75) is 26.4 Å². The molecule has 0 saturated heterocycles. The molecule has 0 fully saturated rings. The lowest BCUT2D eigenvalue weighted by Gasteiger charge is -2.19. The summed E-state index contributed by atoms with van der Waals surface area (Å²) in [5, 5.41) is 5.23. The fourth-order valence-electron chi connectivity index (χ4n) is 2.33. The lowest BCUT2D eigenvalue weighted by Crippen LogP contribution is -2.27. The van der Waals surface area contributed by atoms with Crippen LogP contribution in [0.5, 0.6) is 0 Å². The van der Waals surface area contributed by atoms with Crippen LogP contribution in [0, 0.1) is 0 Å². The van der Waals surface area contributed by atoms with E-state index in [0.717, 1.165) is 5.56 Å². The molecule has 0 aliphatic carbocycles. The van der Waals surface area contributed by atoms with Gasteiger partial charge < -0.3 is 9.15 Å². The number of amides is 2. The maximum atomic E-state index is 12.3. The van der Waals surface area contributed by atoms with E-state index in [4.69, 9.17) is 9.15 Å². The summed E-state index contributed by atoms with van der Waals surface area (Å²) in [6, 6.07) is 10.5. The number of nitrogens with zero attached hydrogens (tertiary/aromatic N) is 2. The Kier molecular flexibility index (Phi) is 5.39. The second kappa shape index (κ2) is 7.91. The van der Waals surface area contributed by atoms with Crippen molar-refractivity contribution < 1.29 is 18.7 Å². The second-order valence-corrected chi connectivity index (χ2v) is 6.93. The van der Waals surface area contributed by atoms with Gasteiger partial charge in [-0.3, -0.25) is 20.4 Å². The summed E-state index contributed by atoms with van der Waals surface area (Å²) in [6.07, 6.45) is 3.84. The van der Waals surface area contributed by atoms with Gasteiger partial charge in [0.1, 0.15) is 11.9 Å². The topological polar surface area (TPSA) is 106 Å². The average molecular weight is 380 g/mol. The number of aromatic nitrogens is 2. The maximum Gasteiger partial charge on any atom is 0.412 e.